The highest BCUT2D eigenvalue weighted by Gasteiger charge is 2.61. The SMILES string of the molecule is Cc1cn2c(nc1=O)O[C@@H]1[C@H]2O[C@](CN=[N+]=[N-])(COCc2ccccc2)[C@H]1OCc1ccccc1. The van der Waals surface area contributed by atoms with Crippen LogP contribution in [-0.4, -0.2) is 40.5 Å². The minimum atomic E-state index is -1.11. The summed E-state index contributed by atoms with van der Waals surface area (Å²) in [5.41, 5.74) is 10.1. The molecule has 2 aliphatic heterocycles. The molecular weight excluding hydrogens is 450 g/mol. The zero-order valence-corrected chi connectivity index (χ0v) is 19.2. The molecule has 1 fully saturated rings. The van der Waals surface area contributed by atoms with E-state index < -0.39 is 24.0 Å². The zero-order chi connectivity index (χ0) is 24.3. The van der Waals surface area contributed by atoms with Gasteiger partial charge in [0.2, 0.25) is 0 Å². The van der Waals surface area contributed by atoms with Gasteiger partial charge in [-0.3, -0.25) is 9.36 Å². The average Bonchev–Trinajstić information content (AvgIpc) is 3.35. The molecule has 1 aromatic heterocycles. The molecule has 0 radical (unpaired) electrons. The van der Waals surface area contributed by atoms with E-state index >= 15 is 0 Å². The lowest BCUT2D eigenvalue weighted by molar-refractivity contribution is -0.153. The normalized spacial score (nSPS) is 24.3. The summed E-state index contributed by atoms with van der Waals surface area (Å²) >= 11 is 0. The third-order valence-electron chi connectivity index (χ3n) is 6.19. The topological polar surface area (TPSA) is 121 Å². The Bertz CT molecular complexity index is 1280. The van der Waals surface area contributed by atoms with Gasteiger partial charge >= 0.3 is 6.01 Å². The van der Waals surface area contributed by atoms with Gasteiger partial charge in [-0.05, 0) is 23.6 Å². The number of aromatic nitrogens is 2. The van der Waals surface area contributed by atoms with E-state index in [0.717, 1.165) is 11.1 Å². The van der Waals surface area contributed by atoms with E-state index in [1.54, 1.807) is 17.7 Å². The molecule has 0 unspecified atom stereocenters. The van der Waals surface area contributed by atoms with Gasteiger partial charge < -0.3 is 18.9 Å². The molecular formula is C25H25N5O5. The first-order chi connectivity index (χ1) is 17.1. The van der Waals surface area contributed by atoms with Gasteiger partial charge in [-0.2, -0.15) is 4.98 Å². The number of hydrogen-bond acceptors (Lipinski definition) is 7. The number of ether oxygens (including phenoxy) is 4. The largest absolute Gasteiger partial charge is 0.453 e. The molecule has 0 amide bonds. The van der Waals surface area contributed by atoms with E-state index in [-0.39, 0.29) is 24.7 Å². The Labute approximate surface area is 201 Å². The van der Waals surface area contributed by atoms with Gasteiger partial charge in [0.1, 0.15) is 11.7 Å². The van der Waals surface area contributed by atoms with E-state index in [2.05, 4.69) is 15.0 Å². The first-order valence-electron chi connectivity index (χ1n) is 11.3. The zero-order valence-electron chi connectivity index (χ0n) is 19.2. The summed E-state index contributed by atoms with van der Waals surface area (Å²) in [6, 6.07) is 19.7. The van der Waals surface area contributed by atoms with Crippen molar-refractivity contribution in [1.29, 1.82) is 0 Å². The van der Waals surface area contributed by atoms with Crippen molar-refractivity contribution in [3.8, 4) is 6.01 Å². The standard InChI is InChI=1S/C25H25N5O5/c1-17-12-30-23-20(34-24(30)28-22(17)31)21(33-14-19-10-6-3-7-11-19)25(35-23,15-27-29-26)16-32-13-18-8-4-2-5-9-18/h2-12,20-21,23H,13-16H2,1H3/t20-,21-,23+,25+/m0/s1. The second-order valence-corrected chi connectivity index (χ2v) is 8.66. The predicted molar refractivity (Wildman–Crippen MR) is 126 cm³/mol. The third kappa shape index (κ3) is 4.65. The Kier molecular flexibility index (Phi) is 6.52. The van der Waals surface area contributed by atoms with Crippen molar-refractivity contribution in [2.45, 2.75) is 44.2 Å². The summed E-state index contributed by atoms with van der Waals surface area (Å²) in [4.78, 5) is 19.1. The number of azide groups is 1. The van der Waals surface area contributed by atoms with Crippen LogP contribution in [0.25, 0.3) is 10.4 Å². The lowest BCUT2D eigenvalue weighted by Crippen LogP contribution is -2.52. The maximum atomic E-state index is 12.1. The molecule has 0 bridgehead atoms. The van der Waals surface area contributed by atoms with Crippen molar-refractivity contribution in [1.82, 2.24) is 9.55 Å². The molecule has 3 aromatic rings. The fraction of sp³-hybridized carbons (Fsp3) is 0.360. The van der Waals surface area contributed by atoms with Crippen LogP contribution in [-0.2, 0) is 27.4 Å². The van der Waals surface area contributed by atoms with Crippen LogP contribution < -0.4 is 10.3 Å². The van der Waals surface area contributed by atoms with Gasteiger partial charge in [0, 0.05) is 16.7 Å². The van der Waals surface area contributed by atoms with E-state index in [1.807, 2.05) is 60.7 Å². The summed E-state index contributed by atoms with van der Waals surface area (Å²) < 4.78 is 26.7. The van der Waals surface area contributed by atoms with Crippen molar-refractivity contribution >= 4 is 0 Å². The molecule has 4 atom stereocenters. The molecule has 0 N–H and O–H groups in total. The second kappa shape index (κ2) is 9.89. The molecule has 2 aliphatic rings. The number of fused-ring (bicyclic) bond motifs is 3. The predicted octanol–water partition coefficient (Wildman–Crippen LogP) is 3.69. The lowest BCUT2D eigenvalue weighted by atomic mass is 9.95. The molecule has 2 aromatic carbocycles. The fourth-order valence-corrected chi connectivity index (χ4v) is 4.46. The first-order valence-corrected chi connectivity index (χ1v) is 11.3. The van der Waals surface area contributed by atoms with Crippen molar-refractivity contribution in [3.63, 3.8) is 0 Å². The minimum Gasteiger partial charge on any atom is -0.453 e. The number of aryl methyl sites for hydroxylation is 1. The Morgan fingerprint density at radius 2 is 1.80 bits per heavy atom. The lowest BCUT2D eigenvalue weighted by Gasteiger charge is -2.34. The molecule has 3 heterocycles. The number of rotatable bonds is 9. The smallest absolute Gasteiger partial charge is 0.302 e. The highest BCUT2D eigenvalue weighted by molar-refractivity contribution is 5.19. The number of hydrogen-bond donors (Lipinski definition) is 0. The summed E-state index contributed by atoms with van der Waals surface area (Å²) in [6.07, 6.45) is -0.225. The third-order valence-corrected chi connectivity index (χ3v) is 6.19. The summed E-state index contributed by atoms with van der Waals surface area (Å²) in [6.45, 7) is 2.42. The van der Waals surface area contributed by atoms with E-state index in [1.165, 1.54) is 0 Å². The van der Waals surface area contributed by atoms with Gasteiger partial charge in [0.05, 0.1) is 26.4 Å². The average molecular weight is 476 g/mol. The highest BCUT2D eigenvalue weighted by Crippen LogP contribution is 2.46. The van der Waals surface area contributed by atoms with Gasteiger partial charge in [-0.15, -0.1) is 0 Å². The second-order valence-electron chi connectivity index (χ2n) is 8.66. The number of benzene rings is 2. The van der Waals surface area contributed by atoms with Crippen molar-refractivity contribution in [2.75, 3.05) is 13.2 Å². The van der Waals surface area contributed by atoms with Crippen molar-refractivity contribution < 1.29 is 18.9 Å². The maximum Gasteiger partial charge on any atom is 0.302 e. The van der Waals surface area contributed by atoms with Gasteiger partial charge in [0.15, 0.2) is 12.3 Å². The van der Waals surface area contributed by atoms with Gasteiger partial charge in [0.25, 0.3) is 5.56 Å². The van der Waals surface area contributed by atoms with Crippen molar-refractivity contribution in [2.24, 2.45) is 5.11 Å². The summed E-state index contributed by atoms with van der Waals surface area (Å²) in [5, 5.41) is 3.84. The maximum absolute atomic E-state index is 12.1. The van der Waals surface area contributed by atoms with E-state index in [9.17, 15) is 4.79 Å². The van der Waals surface area contributed by atoms with E-state index in [0.29, 0.717) is 18.8 Å². The summed E-state index contributed by atoms with van der Waals surface area (Å²) in [7, 11) is 0. The van der Waals surface area contributed by atoms with Crippen LogP contribution in [0.4, 0.5) is 0 Å². The first kappa shape index (κ1) is 23.1. The molecule has 0 saturated carbocycles. The quantitative estimate of drug-likeness (QED) is 0.264. The molecule has 0 spiro atoms. The molecule has 180 valence electrons. The Morgan fingerprint density at radius 1 is 1.11 bits per heavy atom. The molecule has 1 saturated heterocycles. The van der Waals surface area contributed by atoms with Crippen LogP contribution in [0.2, 0.25) is 0 Å². The Morgan fingerprint density at radius 3 is 2.49 bits per heavy atom. The monoisotopic (exact) mass is 475 g/mol. The molecule has 10 heteroatoms. The van der Waals surface area contributed by atoms with Crippen LogP contribution in [0, 0.1) is 6.92 Å². The van der Waals surface area contributed by atoms with Crippen LogP contribution in [0.3, 0.4) is 0 Å². The van der Waals surface area contributed by atoms with Gasteiger partial charge in [-0.25, -0.2) is 0 Å². The molecule has 0 aliphatic carbocycles. The van der Waals surface area contributed by atoms with Crippen LogP contribution in [0.5, 0.6) is 6.01 Å². The van der Waals surface area contributed by atoms with E-state index in [4.69, 9.17) is 24.5 Å². The Balaban J connectivity index is 1.45. The fourth-order valence-electron chi connectivity index (χ4n) is 4.46. The molecule has 35 heavy (non-hydrogen) atoms. The van der Waals surface area contributed by atoms with Crippen LogP contribution >= 0.6 is 0 Å². The highest BCUT2D eigenvalue weighted by atomic mass is 16.7. The van der Waals surface area contributed by atoms with Crippen LogP contribution in [0.15, 0.2) is 76.8 Å². The van der Waals surface area contributed by atoms with Crippen molar-refractivity contribution in [3.05, 3.63) is 104 Å². The Hall–Kier alpha value is -3.69. The minimum absolute atomic E-state index is 0.0178. The van der Waals surface area contributed by atoms with Gasteiger partial charge in [-0.1, -0.05) is 65.8 Å². The summed E-state index contributed by atoms with van der Waals surface area (Å²) in [5.74, 6) is 0. The molecule has 10 nitrogen and oxygen atoms in total. The van der Waals surface area contributed by atoms with Crippen LogP contribution in [0.1, 0.15) is 22.9 Å². The molecule has 5 rings (SSSR count). The number of nitrogens with zero attached hydrogens (tertiary/aromatic N) is 5.